The molecule has 0 radical (unpaired) electrons. The van der Waals surface area contributed by atoms with E-state index < -0.39 is 0 Å². The summed E-state index contributed by atoms with van der Waals surface area (Å²) in [5.41, 5.74) is 5.62. The van der Waals surface area contributed by atoms with Gasteiger partial charge < -0.3 is 0 Å². The van der Waals surface area contributed by atoms with Gasteiger partial charge in [0.2, 0.25) is 0 Å². The summed E-state index contributed by atoms with van der Waals surface area (Å²) in [5.74, 6) is 0. The van der Waals surface area contributed by atoms with Crippen molar-refractivity contribution in [2.45, 2.75) is 59.3 Å². The number of hydrogen-bond donors (Lipinski definition) is 0. The van der Waals surface area contributed by atoms with Gasteiger partial charge in [-0.1, -0.05) is 78.5 Å². The maximum absolute atomic E-state index is 4.04. The molecule has 0 atom stereocenters. The van der Waals surface area contributed by atoms with Crippen LogP contribution in [-0.2, 0) is 10.8 Å². The predicted molar refractivity (Wildman–Crippen MR) is 88.6 cm³/mol. The number of allylic oxidation sites excluding steroid dienone is 1. The molecule has 1 aromatic rings. The number of rotatable bonds is 2. The van der Waals surface area contributed by atoms with Gasteiger partial charge in [-0.25, -0.2) is 0 Å². The van der Waals surface area contributed by atoms with E-state index in [9.17, 15) is 0 Å². The van der Waals surface area contributed by atoms with E-state index in [0.717, 1.165) is 0 Å². The molecular formula is C19H28. The molecule has 104 valence electrons. The third-order valence-electron chi connectivity index (χ3n) is 3.44. The van der Waals surface area contributed by atoms with Crippen molar-refractivity contribution in [3.63, 3.8) is 0 Å². The third-order valence-corrected chi connectivity index (χ3v) is 3.44. The maximum Gasteiger partial charge on any atom is -0.0126 e. The van der Waals surface area contributed by atoms with Crippen LogP contribution in [0, 0.1) is 0 Å². The molecule has 0 spiro atoms. The molecule has 0 saturated heterocycles. The molecule has 0 aromatic heterocycles. The molecule has 0 unspecified atom stereocenters. The molecule has 0 saturated carbocycles. The van der Waals surface area contributed by atoms with E-state index >= 15 is 0 Å². The van der Waals surface area contributed by atoms with Crippen LogP contribution in [0.15, 0.2) is 24.8 Å². The van der Waals surface area contributed by atoms with Crippen molar-refractivity contribution in [1.29, 1.82) is 0 Å². The Balaban J connectivity index is 3.72. The van der Waals surface area contributed by atoms with Crippen LogP contribution in [0.2, 0.25) is 0 Å². The van der Waals surface area contributed by atoms with Gasteiger partial charge in [-0.2, -0.15) is 0 Å². The fraction of sp³-hybridized carbons (Fsp3) is 0.474. The minimum atomic E-state index is 0.135. The lowest BCUT2D eigenvalue weighted by molar-refractivity contribution is 0.575. The zero-order chi connectivity index (χ0) is 14.8. The van der Waals surface area contributed by atoms with Crippen LogP contribution in [0.5, 0.6) is 0 Å². The average Bonchev–Trinajstić information content (AvgIpc) is 2.26. The van der Waals surface area contributed by atoms with E-state index in [1.807, 2.05) is 6.08 Å². The van der Waals surface area contributed by atoms with Gasteiger partial charge in [0.05, 0.1) is 0 Å². The molecule has 0 aliphatic carbocycles. The Hall–Kier alpha value is -1.30. The molecule has 0 heteroatoms. The van der Waals surface area contributed by atoms with E-state index in [2.05, 4.69) is 79.3 Å². The molecule has 0 nitrogen and oxygen atoms in total. The van der Waals surface area contributed by atoms with Gasteiger partial charge in [0.15, 0.2) is 0 Å². The van der Waals surface area contributed by atoms with Crippen molar-refractivity contribution in [2.24, 2.45) is 0 Å². The zero-order valence-corrected chi connectivity index (χ0v) is 13.6. The summed E-state index contributed by atoms with van der Waals surface area (Å²) in [5, 5.41) is 0. The van der Waals surface area contributed by atoms with Gasteiger partial charge in [0, 0.05) is 0 Å². The highest BCUT2D eigenvalue weighted by molar-refractivity contribution is 5.71. The largest absolute Gasteiger partial charge is 0.0984 e. The van der Waals surface area contributed by atoms with E-state index in [-0.39, 0.29) is 10.8 Å². The van der Waals surface area contributed by atoms with Gasteiger partial charge in [0.1, 0.15) is 0 Å². The minimum Gasteiger partial charge on any atom is -0.0984 e. The Kier molecular flexibility index (Phi) is 4.45. The van der Waals surface area contributed by atoms with Crippen LogP contribution in [-0.4, -0.2) is 0 Å². The van der Waals surface area contributed by atoms with Crippen molar-refractivity contribution in [2.75, 3.05) is 0 Å². The topological polar surface area (TPSA) is 0 Å². The zero-order valence-electron chi connectivity index (χ0n) is 13.6. The molecule has 0 heterocycles. The van der Waals surface area contributed by atoms with Crippen molar-refractivity contribution in [1.82, 2.24) is 0 Å². The molecule has 19 heavy (non-hydrogen) atoms. The van der Waals surface area contributed by atoms with Gasteiger partial charge in [0.25, 0.3) is 0 Å². The quantitative estimate of drug-likeness (QED) is 0.612. The Morgan fingerprint density at radius 2 is 1.26 bits per heavy atom. The number of benzene rings is 1. The highest BCUT2D eigenvalue weighted by Gasteiger charge is 2.23. The van der Waals surface area contributed by atoms with Crippen LogP contribution in [0.4, 0.5) is 0 Å². The summed E-state index contributed by atoms with van der Waals surface area (Å²) in [4.78, 5) is 0. The Morgan fingerprint density at radius 3 is 1.58 bits per heavy atom. The molecule has 0 aliphatic rings. The molecule has 0 bridgehead atoms. The highest BCUT2D eigenvalue weighted by Crippen LogP contribution is 2.36. The van der Waals surface area contributed by atoms with Crippen molar-refractivity contribution >= 4 is 12.2 Å². The molecular weight excluding hydrogens is 228 g/mol. The summed E-state index contributed by atoms with van der Waals surface area (Å²) >= 11 is 0. The monoisotopic (exact) mass is 256 g/mol. The Bertz CT molecular complexity index is 488. The summed E-state index contributed by atoms with van der Waals surface area (Å²) in [7, 11) is 0. The second-order valence-corrected chi connectivity index (χ2v) is 7.19. The van der Waals surface area contributed by atoms with E-state index in [1.165, 1.54) is 22.3 Å². The van der Waals surface area contributed by atoms with Gasteiger partial charge in [-0.3, -0.25) is 0 Å². The first-order chi connectivity index (χ1) is 8.62. The molecule has 0 N–H and O–H groups in total. The third kappa shape index (κ3) is 3.37. The molecule has 0 fully saturated rings. The fourth-order valence-corrected chi connectivity index (χ4v) is 2.51. The standard InChI is InChI=1S/C19H28/c1-9-11-15-14(10-2)16(18(3,4)5)12-13-17(15)19(6,7)8/h9-13H,2H2,1,3-8H3/b11-9-. The maximum atomic E-state index is 4.04. The van der Waals surface area contributed by atoms with Gasteiger partial charge >= 0.3 is 0 Å². The summed E-state index contributed by atoms with van der Waals surface area (Å²) in [6.45, 7) is 19.7. The molecule has 0 amide bonds. The van der Waals surface area contributed by atoms with Crippen LogP contribution < -0.4 is 0 Å². The van der Waals surface area contributed by atoms with Crippen LogP contribution >= 0.6 is 0 Å². The van der Waals surface area contributed by atoms with E-state index in [1.54, 1.807) is 0 Å². The fourth-order valence-electron chi connectivity index (χ4n) is 2.51. The number of hydrogen-bond acceptors (Lipinski definition) is 0. The Morgan fingerprint density at radius 1 is 0.842 bits per heavy atom. The van der Waals surface area contributed by atoms with E-state index in [4.69, 9.17) is 0 Å². The van der Waals surface area contributed by atoms with Crippen molar-refractivity contribution in [3.05, 3.63) is 47.0 Å². The van der Waals surface area contributed by atoms with E-state index in [0.29, 0.717) is 0 Å². The molecule has 1 aromatic carbocycles. The highest BCUT2D eigenvalue weighted by atomic mass is 14.3. The first kappa shape index (κ1) is 15.8. The second-order valence-electron chi connectivity index (χ2n) is 7.19. The summed E-state index contributed by atoms with van der Waals surface area (Å²) < 4.78 is 0. The van der Waals surface area contributed by atoms with Crippen LogP contribution in [0.25, 0.3) is 12.2 Å². The Labute approximate surface area is 119 Å². The first-order valence-electron chi connectivity index (χ1n) is 7.06. The first-order valence-corrected chi connectivity index (χ1v) is 7.06. The lowest BCUT2D eigenvalue weighted by Crippen LogP contribution is -2.18. The summed E-state index contributed by atoms with van der Waals surface area (Å²) in [6.07, 6.45) is 6.34. The lowest BCUT2D eigenvalue weighted by atomic mass is 9.76. The predicted octanol–water partition coefficient (Wildman–Crippen LogP) is 5.96. The summed E-state index contributed by atoms with van der Waals surface area (Å²) in [6, 6.07) is 4.55. The van der Waals surface area contributed by atoms with Crippen molar-refractivity contribution in [3.8, 4) is 0 Å². The minimum absolute atomic E-state index is 0.135. The van der Waals surface area contributed by atoms with Gasteiger partial charge in [-0.15, -0.1) is 0 Å². The van der Waals surface area contributed by atoms with Crippen molar-refractivity contribution < 1.29 is 0 Å². The van der Waals surface area contributed by atoms with Crippen LogP contribution in [0.3, 0.4) is 0 Å². The molecule has 1 rings (SSSR count). The SMILES string of the molecule is C=Cc1c(C(C)(C)C)ccc(C(C)(C)C)c1/C=C\C. The second kappa shape index (κ2) is 5.36. The lowest BCUT2D eigenvalue weighted by Gasteiger charge is -2.29. The van der Waals surface area contributed by atoms with Crippen LogP contribution in [0.1, 0.15) is 70.7 Å². The smallest absolute Gasteiger partial charge is 0.0126 e. The molecule has 0 aliphatic heterocycles. The normalized spacial score (nSPS) is 13.0. The van der Waals surface area contributed by atoms with Gasteiger partial charge in [-0.05, 0) is 40.0 Å². The average molecular weight is 256 g/mol.